The Labute approximate surface area is 236 Å². The van der Waals surface area contributed by atoms with Crippen LogP contribution in [-0.4, -0.2) is 54.5 Å². The lowest BCUT2D eigenvalue weighted by molar-refractivity contribution is -0.141. The molecule has 1 N–H and O–H groups in total. The van der Waals surface area contributed by atoms with Crippen LogP contribution in [-0.2, 0) is 32.6 Å². The van der Waals surface area contributed by atoms with Crippen LogP contribution in [0, 0.1) is 6.92 Å². The molecule has 1 aliphatic rings. The van der Waals surface area contributed by atoms with Gasteiger partial charge in [0.2, 0.25) is 11.8 Å². The Morgan fingerprint density at radius 1 is 0.950 bits per heavy atom. The zero-order valence-electron chi connectivity index (χ0n) is 22.9. The average Bonchev–Trinajstić information content (AvgIpc) is 3.15. The molecule has 1 atom stereocenters. The van der Waals surface area contributed by atoms with Crippen LogP contribution < -0.4 is 5.32 Å². The molecule has 0 radical (unpaired) electrons. The maximum atomic E-state index is 13.9. The van der Waals surface area contributed by atoms with E-state index in [0.717, 1.165) is 33.8 Å². The summed E-state index contributed by atoms with van der Waals surface area (Å²) >= 11 is 0. The van der Waals surface area contributed by atoms with Gasteiger partial charge in [-0.3, -0.25) is 14.4 Å². The summed E-state index contributed by atoms with van der Waals surface area (Å²) in [6, 6.07) is 22.3. The van der Waals surface area contributed by atoms with Crippen molar-refractivity contribution in [2.45, 2.75) is 57.0 Å². The van der Waals surface area contributed by atoms with E-state index in [4.69, 9.17) is 0 Å². The van der Waals surface area contributed by atoms with Crippen molar-refractivity contribution in [3.05, 3.63) is 101 Å². The summed E-state index contributed by atoms with van der Waals surface area (Å²) in [6.07, 6.45) is 1.77. The number of rotatable bonds is 12. The molecule has 1 heterocycles. The Morgan fingerprint density at radius 2 is 1.62 bits per heavy atom. The molecule has 1 aliphatic heterocycles. The largest absolute Gasteiger partial charge is 0.354 e. The van der Waals surface area contributed by atoms with Crippen molar-refractivity contribution in [3.63, 3.8) is 0 Å². The number of nitrogens with zero attached hydrogens (tertiary/aromatic N) is 2. The second kappa shape index (κ2) is 12.9. The number of aryl methyl sites for hydroxylation is 1. The molecule has 40 heavy (non-hydrogen) atoms. The van der Waals surface area contributed by atoms with E-state index in [-0.39, 0.29) is 35.9 Å². The highest BCUT2D eigenvalue weighted by Gasteiger charge is 2.41. The quantitative estimate of drug-likeness (QED) is 0.336. The van der Waals surface area contributed by atoms with Gasteiger partial charge in [-0.2, -0.15) is 0 Å². The number of unbranched alkanes of at least 4 members (excludes halogenated alkanes) is 1. The lowest BCUT2D eigenvalue weighted by Gasteiger charge is -2.32. The minimum absolute atomic E-state index is 0.0542. The van der Waals surface area contributed by atoms with Gasteiger partial charge in [-0.1, -0.05) is 80.1 Å². The molecule has 0 unspecified atom stereocenters. The minimum Gasteiger partial charge on any atom is -0.354 e. The predicted molar refractivity (Wildman–Crippen MR) is 153 cm³/mol. The molecule has 0 spiro atoms. The van der Waals surface area contributed by atoms with Gasteiger partial charge in [0.05, 0.1) is 5.56 Å². The molecule has 0 fully saturated rings. The molecular weight excluding hydrogens is 526 g/mol. The SMILES string of the molecule is CCCCNC(=O)[C@@H](Cc1ccccc1)N(Cc1ccccc1C)C(=O)CCN1C(=O)c2ccccc2S1(=O)=O. The molecule has 3 aromatic rings. The Kier molecular flexibility index (Phi) is 9.37. The molecule has 3 amide bonds. The molecule has 8 nitrogen and oxygen atoms in total. The first-order chi connectivity index (χ1) is 19.2. The number of carbonyl (C=O) groups excluding carboxylic acids is 3. The topological polar surface area (TPSA) is 104 Å². The molecule has 0 saturated carbocycles. The van der Waals surface area contributed by atoms with E-state index in [1.165, 1.54) is 17.0 Å². The van der Waals surface area contributed by atoms with Gasteiger partial charge in [0.1, 0.15) is 10.9 Å². The molecule has 0 aliphatic carbocycles. The first-order valence-corrected chi connectivity index (χ1v) is 15.0. The van der Waals surface area contributed by atoms with Crippen LogP contribution in [0.3, 0.4) is 0 Å². The van der Waals surface area contributed by atoms with Gasteiger partial charge in [-0.15, -0.1) is 0 Å². The first kappa shape index (κ1) is 29.0. The van der Waals surface area contributed by atoms with E-state index in [9.17, 15) is 22.8 Å². The van der Waals surface area contributed by atoms with Crippen LogP contribution in [0.1, 0.15) is 53.2 Å². The van der Waals surface area contributed by atoms with Crippen molar-refractivity contribution in [1.29, 1.82) is 0 Å². The number of fused-ring (bicyclic) bond motifs is 1. The van der Waals surface area contributed by atoms with Gasteiger partial charge >= 0.3 is 0 Å². The minimum atomic E-state index is -4.05. The lowest BCUT2D eigenvalue weighted by atomic mass is 10.0. The molecule has 4 rings (SSSR count). The molecule has 3 aromatic carbocycles. The Balaban J connectivity index is 1.63. The average molecular weight is 562 g/mol. The van der Waals surface area contributed by atoms with Crippen molar-refractivity contribution in [1.82, 2.24) is 14.5 Å². The third kappa shape index (κ3) is 6.42. The fourth-order valence-corrected chi connectivity index (χ4v) is 6.39. The first-order valence-electron chi connectivity index (χ1n) is 13.6. The van der Waals surface area contributed by atoms with Crippen LogP contribution in [0.25, 0.3) is 0 Å². The maximum absolute atomic E-state index is 13.9. The molecule has 0 saturated heterocycles. The van der Waals surface area contributed by atoms with E-state index in [2.05, 4.69) is 5.32 Å². The van der Waals surface area contributed by atoms with Gasteiger partial charge in [-0.05, 0) is 42.2 Å². The zero-order chi connectivity index (χ0) is 28.7. The summed E-state index contributed by atoms with van der Waals surface area (Å²) in [5.74, 6) is -1.32. The van der Waals surface area contributed by atoms with E-state index >= 15 is 0 Å². The smallest absolute Gasteiger partial charge is 0.269 e. The predicted octanol–water partition coefficient (Wildman–Crippen LogP) is 4.09. The van der Waals surface area contributed by atoms with E-state index in [1.54, 1.807) is 12.1 Å². The third-order valence-electron chi connectivity index (χ3n) is 7.14. The Hall–Kier alpha value is -3.98. The number of nitrogens with one attached hydrogen (secondary N) is 1. The molecule has 9 heteroatoms. The van der Waals surface area contributed by atoms with Crippen LogP contribution in [0.5, 0.6) is 0 Å². The highest BCUT2D eigenvalue weighted by Crippen LogP contribution is 2.30. The van der Waals surface area contributed by atoms with Gasteiger partial charge in [0, 0.05) is 32.5 Å². The van der Waals surface area contributed by atoms with Crippen molar-refractivity contribution in [2.24, 2.45) is 0 Å². The third-order valence-corrected chi connectivity index (χ3v) is 8.98. The number of sulfonamides is 1. The number of hydrogen-bond acceptors (Lipinski definition) is 5. The highest BCUT2D eigenvalue weighted by atomic mass is 32.2. The number of benzene rings is 3. The fourth-order valence-electron chi connectivity index (χ4n) is 4.82. The zero-order valence-corrected chi connectivity index (χ0v) is 23.7. The Bertz CT molecular complexity index is 1470. The second-order valence-corrected chi connectivity index (χ2v) is 11.8. The molecule has 0 bridgehead atoms. The van der Waals surface area contributed by atoms with Crippen LogP contribution >= 0.6 is 0 Å². The maximum Gasteiger partial charge on any atom is 0.269 e. The summed E-state index contributed by atoms with van der Waals surface area (Å²) < 4.78 is 26.9. The van der Waals surface area contributed by atoms with Crippen molar-refractivity contribution >= 4 is 27.7 Å². The van der Waals surface area contributed by atoms with Crippen LogP contribution in [0.15, 0.2) is 83.8 Å². The highest BCUT2D eigenvalue weighted by molar-refractivity contribution is 7.90. The standard InChI is InChI=1S/C31H35N3O5S/c1-3-4-19-32-30(36)27(21-24-13-6-5-7-14-24)33(22-25-15-9-8-12-23(25)2)29(35)18-20-34-31(37)26-16-10-11-17-28(26)40(34,38)39/h5-17,27H,3-4,18-22H2,1-2H3,(H,32,36)/t27-/m1/s1. The normalized spacial score (nSPS) is 14.4. The lowest BCUT2D eigenvalue weighted by Crippen LogP contribution is -2.51. The van der Waals surface area contributed by atoms with Gasteiger partial charge in [-0.25, -0.2) is 12.7 Å². The van der Waals surface area contributed by atoms with Crippen LogP contribution in [0.2, 0.25) is 0 Å². The van der Waals surface area contributed by atoms with Crippen LogP contribution in [0.4, 0.5) is 0 Å². The summed E-state index contributed by atoms with van der Waals surface area (Å²) in [7, 11) is -4.05. The van der Waals surface area contributed by atoms with Gasteiger partial charge in [0.15, 0.2) is 0 Å². The number of hydrogen-bond donors (Lipinski definition) is 1. The van der Waals surface area contributed by atoms with Gasteiger partial charge < -0.3 is 10.2 Å². The van der Waals surface area contributed by atoms with Crippen molar-refractivity contribution < 1.29 is 22.8 Å². The molecule has 0 aromatic heterocycles. The number of carbonyl (C=O) groups is 3. The van der Waals surface area contributed by atoms with E-state index in [0.29, 0.717) is 13.0 Å². The number of amides is 3. The summed E-state index contributed by atoms with van der Waals surface area (Å²) in [5, 5.41) is 2.98. The van der Waals surface area contributed by atoms with Gasteiger partial charge in [0.25, 0.3) is 15.9 Å². The summed E-state index contributed by atoms with van der Waals surface area (Å²) in [5.41, 5.74) is 2.85. The molecule has 210 valence electrons. The van der Waals surface area contributed by atoms with Crippen molar-refractivity contribution in [3.8, 4) is 0 Å². The summed E-state index contributed by atoms with van der Waals surface area (Å²) in [4.78, 5) is 41.8. The monoisotopic (exact) mass is 561 g/mol. The fraction of sp³-hybridized carbons (Fsp3) is 0.323. The second-order valence-electron chi connectivity index (χ2n) is 9.93. The van der Waals surface area contributed by atoms with E-state index < -0.39 is 27.9 Å². The summed E-state index contributed by atoms with van der Waals surface area (Å²) in [6.45, 7) is 4.33. The Morgan fingerprint density at radius 3 is 2.33 bits per heavy atom. The van der Waals surface area contributed by atoms with E-state index in [1.807, 2.05) is 68.4 Å². The van der Waals surface area contributed by atoms with Crippen molar-refractivity contribution in [2.75, 3.05) is 13.1 Å². The molecular formula is C31H35N3O5S.